The van der Waals surface area contributed by atoms with Crippen LogP contribution in [0.1, 0.15) is 34.6 Å². The SMILES string of the molecule is CC(=O)OC[C@@H](OC(C)=O)[C@@H](OC(C)=O)[C@H]1C(OC(C)=O)=COC(=S)N1C(C)=O. The van der Waals surface area contributed by atoms with Gasteiger partial charge < -0.3 is 23.7 Å². The third-order valence-corrected chi connectivity index (χ3v) is 3.68. The normalized spacial score (nSPS) is 17.8. The fraction of sp³-hybridized carbons (Fsp3) is 0.529. The number of esters is 4. The maximum absolute atomic E-state index is 12.2. The Morgan fingerprint density at radius 1 is 1.00 bits per heavy atom. The smallest absolute Gasteiger partial charge is 0.307 e. The van der Waals surface area contributed by atoms with E-state index in [1.54, 1.807) is 0 Å². The fourth-order valence-corrected chi connectivity index (χ4v) is 2.79. The number of ether oxygens (including phenoxy) is 5. The molecule has 0 bridgehead atoms. The fourth-order valence-electron chi connectivity index (χ4n) is 2.50. The average Bonchev–Trinajstić information content (AvgIpc) is 2.56. The Bertz CT molecular complexity index is 746. The molecule has 1 aliphatic heterocycles. The lowest BCUT2D eigenvalue weighted by molar-refractivity contribution is -0.179. The number of thiocarbonyl (C=S) groups is 1. The van der Waals surface area contributed by atoms with Gasteiger partial charge in [0.1, 0.15) is 18.9 Å². The van der Waals surface area contributed by atoms with Gasteiger partial charge in [-0.05, 0) is 12.2 Å². The molecule has 3 atom stereocenters. The van der Waals surface area contributed by atoms with E-state index in [0.717, 1.165) is 45.8 Å². The van der Waals surface area contributed by atoms with Crippen molar-refractivity contribution >= 4 is 47.2 Å². The molecule has 0 aromatic heterocycles. The van der Waals surface area contributed by atoms with Crippen molar-refractivity contribution in [3.8, 4) is 0 Å². The number of carbonyl (C=O) groups excluding carboxylic acids is 5. The number of carbonyl (C=O) groups is 5. The summed E-state index contributed by atoms with van der Waals surface area (Å²) < 4.78 is 25.5. The van der Waals surface area contributed by atoms with Crippen LogP contribution < -0.4 is 0 Å². The van der Waals surface area contributed by atoms with Gasteiger partial charge in [0.05, 0.1) is 0 Å². The summed E-state index contributed by atoms with van der Waals surface area (Å²) in [4.78, 5) is 59.2. The Morgan fingerprint density at radius 3 is 2.03 bits per heavy atom. The highest BCUT2D eigenvalue weighted by Crippen LogP contribution is 2.28. The number of rotatable bonds is 7. The van der Waals surface area contributed by atoms with Crippen LogP contribution in [0.5, 0.6) is 0 Å². The minimum Gasteiger partial charge on any atom is -0.462 e. The van der Waals surface area contributed by atoms with Gasteiger partial charge in [-0.15, -0.1) is 0 Å². The van der Waals surface area contributed by atoms with E-state index in [1.165, 1.54) is 0 Å². The van der Waals surface area contributed by atoms with E-state index in [4.69, 9.17) is 35.9 Å². The molecule has 0 spiro atoms. The summed E-state index contributed by atoms with van der Waals surface area (Å²) in [6, 6.07) is -1.33. The van der Waals surface area contributed by atoms with E-state index < -0.39 is 54.6 Å². The molecule has 11 nitrogen and oxygen atoms in total. The maximum atomic E-state index is 12.2. The summed E-state index contributed by atoms with van der Waals surface area (Å²) >= 11 is 5.02. The minimum atomic E-state index is -1.45. The molecule has 0 aliphatic carbocycles. The van der Waals surface area contributed by atoms with E-state index in [-0.39, 0.29) is 10.9 Å². The molecule has 29 heavy (non-hydrogen) atoms. The summed E-state index contributed by atoms with van der Waals surface area (Å²) in [5, 5.41) is -0.315. The highest BCUT2D eigenvalue weighted by Gasteiger charge is 2.47. The largest absolute Gasteiger partial charge is 0.462 e. The lowest BCUT2D eigenvalue weighted by atomic mass is 10.0. The molecule has 0 aromatic carbocycles. The van der Waals surface area contributed by atoms with Crippen LogP contribution in [-0.2, 0) is 47.7 Å². The van der Waals surface area contributed by atoms with Crippen molar-refractivity contribution in [1.29, 1.82) is 0 Å². The van der Waals surface area contributed by atoms with Crippen LogP contribution in [0.25, 0.3) is 0 Å². The van der Waals surface area contributed by atoms with Crippen LogP contribution >= 0.6 is 12.2 Å². The number of nitrogens with zero attached hydrogens (tertiary/aromatic N) is 1. The number of amides is 1. The van der Waals surface area contributed by atoms with Crippen molar-refractivity contribution in [2.45, 2.75) is 52.9 Å². The molecule has 0 aromatic rings. The molecule has 0 N–H and O–H groups in total. The third kappa shape index (κ3) is 7.14. The molecule has 0 radical (unpaired) electrons. The van der Waals surface area contributed by atoms with Gasteiger partial charge in [0.15, 0.2) is 18.0 Å². The molecule has 12 heteroatoms. The van der Waals surface area contributed by atoms with E-state index in [2.05, 4.69) is 0 Å². The molecular formula is C17H21NO10S. The first-order valence-corrected chi connectivity index (χ1v) is 8.71. The van der Waals surface area contributed by atoms with E-state index in [1.807, 2.05) is 0 Å². The molecule has 0 unspecified atom stereocenters. The van der Waals surface area contributed by atoms with Gasteiger partial charge in [0.2, 0.25) is 5.91 Å². The van der Waals surface area contributed by atoms with Gasteiger partial charge in [-0.25, -0.2) is 0 Å². The van der Waals surface area contributed by atoms with E-state index >= 15 is 0 Å². The maximum Gasteiger partial charge on any atom is 0.307 e. The summed E-state index contributed by atoms with van der Waals surface area (Å²) in [6.45, 7) is 5.04. The average molecular weight is 431 g/mol. The predicted molar refractivity (Wildman–Crippen MR) is 97.6 cm³/mol. The predicted octanol–water partition coefficient (Wildman–Crippen LogP) is 0.350. The summed E-state index contributed by atoms with van der Waals surface area (Å²) in [7, 11) is 0. The molecule has 0 fully saturated rings. The molecular weight excluding hydrogens is 410 g/mol. The van der Waals surface area contributed by atoms with Gasteiger partial charge in [0.25, 0.3) is 5.17 Å². The monoisotopic (exact) mass is 431 g/mol. The minimum absolute atomic E-state index is 0.229. The lowest BCUT2D eigenvalue weighted by Crippen LogP contribution is -2.58. The highest BCUT2D eigenvalue weighted by molar-refractivity contribution is 7.80. The van der Waals surface area contributed by atoms with Crippen LogP contribution in [0, 0.1) is 0 Å². The second-order valence-corrected chi connectivity index (χ2v) is 6.21. The van der Waals surface area contributed by atoms with Gasteiger partial charge in [0, 0.05) is 34.6 Å². The summed E-state index contributed by atoms with van der Waals surface area (Å²) in [6.07, 6.45) is -1.83. The first-order valence-electron chi connectivity index (χ1n) is 8.30. The number of hydrogen-bond acceptors (Lipinski definition) is 11. The quantitative estimate of drug-likeness (QED) is 0.314. The van der Waals surface area contributed by atoms with Crippen molar-refractivity contribution in [2.75, 3.05) is 6.61 Å². The Hall–Kier alpha value is -3.02. The van der Waals surface area contributed by atoms with Crippen LogP contribution in [-0.4, -0.2) is 64.7 Å². The topological polar surface area (TPSA) is 135 Å². The van der Waals surface area contributed by atoms with E-state index in [0.29, 0.717) is 0 Å². The zero-order valence-corrected chi connectivity index (χ0v) is 17.3. The third-order valence-electron chi connectivity index (χ3n) is 3.39. The van der Waals surface area contributed by atoms with Crippen LogP contribution in [0.2, 0.25) is 0 Å². The zero-order valence-electron chi connectivity index (χ0n) is 16.5. The van der Waals surface area contributed by atoms with Crippen molar-refractivity contribution < 1.29 is 47.7 Å². The summed E-state index contributed by atoms with van der Waals surface area (Å²) in [5.41, 5.74) is 0. The Balaban J connectivity index is 3.51. The van der Waals surface area contributed by atoms with Crippen LogP contribution in [0.3, 0.4) is 0 Å². The van der Waals surface area contributed by atoms with Crippen molar-refractivity contribution in [2.24, 2.45) is 0 Å². The molecule has 0 saturated carbocycles. The first-order chi connectivity index (χ1) is 13.4. The van der Waals surface area contributed by atoms with Crippen LogP contribution in [0.4, 0.5) is 0 Å². The molecule has 160 valence electrons. The Labute approximate surface area is 171 Å². The Morgan fingerprint density at radius 2 is 1.59 bits per heavy atom. The zero-order chi connectivity index (χ0) is 22.3. The standard InChI is InChI=1S/C17H21NO10S/c1-8(19)18-15(13(26-10(3)21)6-25-17(18)29)16(28-12(5)23)14(27-11(4)22)7-24-9(2)20/h6,14-16H,7H2,1-5H3/t14-,15-,16-/m1/s1. The van der Waals surface area contributed by atoms with Gasteiger partial charge in [-0.2, -0.15) is 0 Å². The second-order valence-electron chi connectivity index (χ2n) is 5.86. The molecule has 1 aliphatic rings. The van der Waals surface area contributed by atoms with E-state index in [9.17, 15) is 24.0 Å². The lowest BCUT2D eigenvalue weighted by Gasteiger charge is -2.40. The molecule has 0 saturated heterocycles. The molecule has 1 rings (SSSR count). The molecule has 1 amide bonds. The number of hydrogen-bond donors (Lipinski definition) is 0. The van der Waals surface area contributed by atoms with Gasteiger partial charge in [-0.3, -0.25) is 28.9 Å². The highest BCUT2D eigenvalue weighted by atomic mass is 32.1. The first kappa shape index (κ1) is 24.0. The second kappa shape index (κ2) is 10.5. The van der Waals surface area contributed by atoms with Crippen LogP contribution in [0.15, 0.2) is 12.0 Å². The van der Waals surface area contributed by atoms with Crippen molar-refractivity contribution in [1.82, 2.24) is 4.90 Å². The van der Waals surface area contributed by atoms with Gasteiger partial charge in [-0.1, -0.05) is 0 Å². The van der Waals surface area contributed by atoms with Crippen molar-refractivity contribution in [3.63, 3.8) is 0 Å². The van der Waals surface area contributed by atoms with Gasteiger partial charge >= 0.3 is 23.9 Å². The van der Waals surface area contributed by atoms with Crippen molar-refractivity contribution in [3.05, 3.63) is 12.0 Å². The Kier molecular flexibility index (Phi) is 8.70. The molecule has 1 heterocycles. The summed E-state index contributed by atoms with van der Waals surface area (Å²) in [5.74, 6) is -3.90.